The number of hydrogen-bond donors (Lipinski definition) is 3. The molecule has 1 aromatic heterocycles. The van der Waals surface area contributed by atoms with E-state index in [1.165, 1.54) is 23.0 Å². The lowest BCUT2D eigenvalue weighted by atomic mass is 9.78. The second kappa shape index (κ2) is 15.3. The highest BCUT2D eigenvalue weighted by Gasteiger charge is 2.43. The Labute approximate surface area is 253 Å². The number of piperidine rings is 1. The molecule has 45 heavy (non-hydrogen) atoms. The van der Waals surface area contributed by atoms with E-state index in [2.05, 4.69) is 15.2 Å². The highest BCUT2D eigenvalue weighted by Crippen LogP contribution is 2.39. The van der Waals surface area contributed by atoms with Gasteiger partial charge < -0.3 is 20.3 Å². The number of carboxylic acid groups (broad SMARTS) is 2. The topological polar surface area (TPSA) is 166 Å². The molecule has 0 aliphatic carbocycles. The Morgan fingerprint density at radius 3 is 1.96 bits per heavy atom. The number of alkyl halides is 6. The van der Waals surface area contributed by atoms with Gasteiger partial charge >= 0.3 is 24.3 Å². The predicted molar refractivity (Wildman–Crippen MR) is 143 cm³/mol. The molecular weight excluding hydrogens is 642 g/mol. The number of ether oxygens (including phenoxy) is 1. The van der Waals surface area contributed by atoms with Crippen LogP contribution in [0, 0.1) is 5.41 Å². The van der Waals surface area contributed by atoms with Crippen molar-refractivity contribution in [2.24, 2.45) is 5.41 Å². The molecule has 0 radical (unpaired) electrons. The molecule has 2 aliphatic heterocycles. The standard InChI is InChI=1S/C22H28N4O4S.2C2HF3O2/c1-23-21(27)15-26-16-22(17-30-19-4-2-3-5-20(19)31(26,28)29)8-12-25(13-9-22)14-18-6-10-24-11-7-18;2*3-2(4,5)1(6)7/h2-7,10-11H,8-9,12-17H2,1H3,(H,23,27);2*(H,6,7). The molecule has 1 saturated heterocycles. The number of carbonyl (C=O) groups is 3. The van der Waals surface area contributed by atoms with E-state index < -0.39 is 34.3 Å². The van der Waals surface area contributed by atoms with Crippen LogP contribution in [0.3, 0.4) is 0 Å². The summed E-state index contributed by atoms with van der Waals surface area (Å²) < 4.78 is 97.7. The van der Waals surface area contributed by atoms with Gasteiger partial charge in [0.25, 0.3) is 0 Å². The minimum absolute atomic E-state index is 0.115. The number of likely N-dealkylation sites (tertiary alicyclic amines) is 1. The fourth-order valence-electron chi connectivity index (χ4n) is 4.27. The number of fused-ring (bicyclic) bond motifs is 1. The van der Waals surface area contributed by atoms with Crippen LogP contribution in [0.5, 0.6) is 5.75 Å². The summed E-state index contributed by atoms with van der Waals surface area (Å²) in [7, 11) is -2.34. The van der Waals surface area contributed by atoms with Gasteiger partial charge in [-0.3, -0.25) is 14.7 Å². The maximum Gasteiger partial charge on any atom is 0.490 e. The molecule has 12 nitrogen and oxygen atoms in total. The number of amides is 1. The molecule has 1 spiro atoms. The summed E-state index contributed by atoms with van der Waals surface area (Å²) in [5.41, 5.74) is 0.862. The van der Waals surface area contributed by atoms with Crippen LogP contribution in [-0.4, -0.2) is 103 Å². The second-order valence-electron chi connectivity index (χ2n) is 9.92. The molecule has 0 saturated carbocycles. The maximum absolute atomic E-state index is 13.4. The Hall–Kier alpha value is -3.97. The van der Waals surface area contributed by atoms with Gasteiger partial charge in [0.2, 0.25) is 15.9 Å². The number of nitrogens with zero attached hydrogens (tertiary/aromatic N) is 3. The van der Waals surface area contributed by atoms with E-state index in [0.29, 0.717) is 12.4 Å². The molecule has 1 amide bonds. The summed E-state index contributed by atoms with van der Waals surface area (Å²) in [6.07, 6.45) is -5.00. The van der Waals surface area contributed by atoms with Crippen molar-refractivity contribution in [3.8, 4) is 5.75 Å². The number of benzene rings is 1. The van der Waals surface area contributed by atoms with Crippen LogP contribution in [0.1, 0.15) is 18.4 Å². The molecular formula is C26H30F6N4O8S. The van der Waals surface area contributed by atoms with E-state index in [-0.39, 0.29) is 29.3 Å². The first-order valence-electron chi connectivity index (χ1n) is 12.9. The smallest absolute Gasteiger partial charge is 0.490 e. The SMILES string of the molecule is CNC(=O)CN1CC2(CCN(Cc3ccncc3)CC2)COc2ccccc2S1(=O)=O.O=C(O)C(F)(F)F.O=C(O)C(F)(F)F. The lowest BCUT2D eigenvalue weighted by molar-refractivity contribution is -0.193. The van der Waals surface area contributed by atoms with E-state index in [9.17, 15) is 39.6 Å². The first kappa shape index (κ1) is 37.2. The molecule has 3 N–H and O–H groups in total. The lowest BCUT2D eigenvalue weighted by Gasteiger charge is -2.44. The summed E-state index contributed by atoms with van der Waals surface area (Å²) in [5, 5.41) is 16.8. The number of pyridine rings is 1. The van der Waals surface area contributed by atoms with Crippen molar-refractivity contribution in [3.63, 3.8) is 0 Å². The zero-order valence-corrected chi connectivity index (χ0v) is 24.5. The summed E-state index contributed by atoms with van der Waals surface area (Å²) in [6, 6.07) is 10.7. The van der Waals surface area contributed by atoms with Crippen LogP contribution >= 0.6 is 0 Å². The fraction of sp³-hybridized carbons (Fsp3) is 0.462. The van der Waals surface area contributed by atoms with Crippen molar-refractivity contribution >= 4 is 27.9 Å². The monoisotopic (exact) mass is 672 g/mol. The molecule has 0 bridgehead atoms. The number of likely N-dealkylation sites (N-methyl/N-ethyl adjacent to an activating group) is 1. The number of halogens is 6. The third kappa shape index (κ3) is 11.2. The number of nitrogens with one attached hydrogen (secondary N) is 1. The number of carbonyl (C=O) groups excluding carboxylic acids is 1. The number of para-hydroxylation sites is 1. The van der Waals surface area contributed by atoms with E-state index >= 15 is 0 Å². The minimum atomic E-state index is -5.08. The Morgan fingerprint density at radius 2 is 1.47 bits per heavy atom. The first-order valence-corrected chi connectivity index (χ1v) is 14.4. The number of hydrogen-bond acceptors (Lipinski definition) is 8. The van der Waals surface area contributed by atoms with Crippen LogP contribution in [0.15, 0.2) is 53.7 Å². The Morgan fingerprint density at radius 1 is 0.956 bits per heavy atom. The molecule has 2 aliphatic rings. The number of sulfonamides is 1. The van der Waals surface area contributed by atoms with E-state index in [0.717, 1.165) is 32.5 Å². The summed E-state index contributed by atoms with van der Waals surface area (Å²) in [4.78, 5) is 36.5. The van der Waals surface area contributed by atoms with Crippen molar-refractivity contribution < 1.29 is 64.1 Å². The van der Waals surface area contributed by atoms with E-state index in [1.807, 2.05) is 12.1 Å². The predicted octanol–water partition coefficient (Wildman–Crippen LogP) is 2.76. The highest BCUT2D eigenvalue weighted by molar-refractivity contribution is 7.89. The third-order valence-corrected chi connectivity index (χ3v) is 8.50. The van der Waals surface area contributed by atoms with Crippen LogP contribution in [0.2, 0.25) is 0 Å². The van der Waals surface area contributed by atoms with Gasteiger partial charge in [0.1, 0.15) is 10.6 Å². The van der Waals surface area contributed by atoms with Crippen LogP contribution in [0.4, 0.5) is 26.3 Å². The molecule has 250 valence electrons. The second-order valence-corrected chi connectivity index (χ2v) is 11.8. The Balaban J connectivity index is 0.000000421. The van der Waals surface area contributed by atoms with Gasteiger partial charge in [0, 0.05) is 37.9 Å². The van der Waals surface area contributed by atoms with Gasteiger partial charge in [-0.1, -0.05) is 12.1 Å². The van der Waals surface area contributed by atoms with Crippen molar-refractivity contribution in [1.29, 1.82) is 0 Å². The van der Waals surface area contributed by atoms with Crippen LogP contribution in [-0.2, 0) is 31.0 Å². The quantitative estimate of drug-likeness (QED) is 0.411. The van der Waals surface area contributed by atoms with Gasteiger partial charge in [0.05, 0.1) is 13.2 Å². The van der Waals surface area contributed by atoms with Gasteiger partial charge in [-0.2, -0.15) is 30.6 Å². The van der Waals surface area contributed by atoms with Gasteiger partial charge in [0.15, 0.2) is 0 Å². The first-order chi connectivity index (χ1) is 20.8. The summed E-state index contributed by atoms with van der Waals surface area (Å²) in [6.45, 7) is 2.99. The van der Waals surface area contributed by atoms with Crippen LogP contribution < -0.4 is 10.1 Å². The van der Waals surface area contributed by atoms with Gasteiger partial charge in [-0.05, 0) is 55.8 Å². The number of aromatic nitrogens is 1. The largest absolute Gasteiger partial charge is 0.492 e. The minimum Gasteiger partial charge on any atom is -0.492 e. The Bertz CT molecular complexity index is 1390. The molecule has 19 heteroatoms. The molecule has 0 unspecified atom stereocenters. The Kier molecular flexibility index (Phi) is 12.7. The van der Waals surface area contributed by atoms with Crippen molar-refractivity contribution in [1.82, 2.24) is 19.5 Å². The average molecular weight is 673 g/mol. The molecule has 1 aromatic carbocycles. The summed E-state index contributed by atoms with van der Waals surface area (Å²) >= 11 is 0. The van der Waals surface area contributed by atoms with Crippen molar-refractivity contribution in [2.45, 2.75) is 36.6 Å². The molecule has 2 aromatic rings. The molecule has 4 rings (SSSR count). The average Bonchev–Trinajstić information content (AvgIpc) is 2.97. The number of rotatable bonds is 4. The van der Waals surface area contributed by atoms with Gasteiger partial charge in [-0.15, -0.1) is 0 Å². The number of aliphatic carboxylic acids is 2. The van der Waals surface area contributed by atoms with Crippen LogP contribution in [0.25, 0.3) is 0 Å². The van der Waals surface area contributed by atoms with Crippen molar-refractivity contribution in [3.05, 3.63) is 54.4 Å². The summed E-state index contributed by atoms with van der Waals surface area (Å²) in [5.74, 6) is -5.49. The number of carboxylic acids is 2. The zero-order valence-electron chi connectivity index (χ0n) is 23.6. The molecule has 0 atom stereocenters. The molecule has 3 heterocycles. The molecule has 1 fully saturated rings. The maximum atomic E-state index is 13.4. The van der Waals surface area contributed by atoms with E-state index in [1.54, 1.807) is 30.6 Å². The fourth-order valence-corrected chi connectivity index (χ4v) is 5.91. The van der Waals surface area contributed by atoms with E-state index in [4.69, 9.17) is 24.5 Å². The highest BCUT2D eigenvalue weighted by atomic mass is 32.2. The van der Waals surface area contributed by atoms with Crippen molar-refractivity contribution in [2.75, 3.05) is 39.8 Å². The third-order valence-electron chi connectivity index (χ3n) is 6.67. The lowest BCUT2D eigenvalue weighted by Crippen LogP contribution is -2.53. The zero-order chi connectivity index (χ0) is 34.1. The normalized spacial score (nSPS) is 17.8. The van der Waals surface area contributed by atoms with Gasteiger partial charge in [-0.25, -0.2) is 18.0 Å².